The summed E-state index contributed by atoms with van der Waals surface area (Å²) in [4.78, 5) is 2.35. The fraction of sp³-hybridized carbons (Fsp3) is 0.455. The Labute approximate surface area is 146 Å². The summed E-state index contributed by atoms with van der Waals surface area (Å²) in [5.41, 5.74) is 5.36. The first-order valence-corrected chi connectivity index (χ1v) is 9.03. The van der Waals surface area contributed by atoms with Gasteiger partial charge in [-0.05, 0) is 59.1 Å². The molecule has 122 valence electrons. The zero-order valence-corrected chi connectivity index (χ0v) is 16.5. The molecule has 0 saturated heterocycles. The van der Waals surface area contributed by atoms with Crippen LogP contribution in [0.15, 0.2) is 34.1 Å². The normalized spacial score (nSPS) is 12.5. The molecule has 0 spiro atoms. The van der Waals surface area contributed by atoms with Crippen molar-refractivity contribution in [1.29, 1.82) is 0 Å². The molecule has 0 fully saturated rings. The summed E-state index contributed by atoms with van der Waals surface area (Å²) < 4.78 is 0. The van der Waals surface area contributed by atoms with Crippen LogP contribution >= 0.6 is 11.8 Å². The Morgan fingerprint density at radius 2 is 1.00 bits per heavy atom. The highest BCUT2D eigenvalue weighted by molar-refractivity contribution is 7.99. The molecule has 1 heteroatoms. The summed E-state index contributed by atoms with van der Waals surface area (Å²) in [5, 5.41) is 0. The van der Waals surface area contributed by atoms with Gasteiger partial charge >= 0.3 is 0 Å². The van der Waals surface area contributed by atoms with Gasteiger partial charge in [-0.1, -0.05) is 65.4 Å². The van der Waals surface area contributed by atoms with Crippen LogP contribution in [0.5, 0.6) is 0 Å². The quantitative estimate of drug-likeness (QED) is 0.596. The molecule has 2 aromatic carbocycles. The van der Waals surface area contributed by atoms with Crippen LogP contribution in [-0.4, -0.2) is 0 Å². The van der Waals surface area contributed by atoms with Gasteiger partial charge in [0.2, 0.25) is 0 Å². The minimum Gasteiger partial charge on any atom is -0.0888 e. The lowest BCUT2D eigenvalue weighted by Gasteiger charge is -2.21. The molecule has 0 amide bonds. The highest BCUT2D eigenvalue weighted by Crippen LogP contribution is 2.34. The third-order valence-corrected chi connectivity index (χ3v) is 4.69. The Morgan fingerprint density at radius 3 is 1.30 bits per heavy atom. The van der Waals surface area contributed by atoms with E-state index < -0.39 is 0 Å². The number of aryl methyl sites for hydroxylation is 2. The maximum atomic E-state index is 3.59. The van der Waals surface area contributed by atoms with Crippen molar-refractivity contribution in [3.63, 3.8) is 0 Å². The summed E-state index contributed by atoms with van der Waals surface area (Å²) >= 11 is 1.77. The van der Waals surface area contributed by atoms with Crippen LogP contribution in [0, 0.1) is 26.0 Å². The van der Waals surface area contributed by atoms with Crippen molar-refractivity contribution in [3.8, 4) is 0 Å². The van der Waals surface area contributed by atoms with Crippen molar-refractivity contribution in [2.45, 2.75) is 76.0 Å². The van der Waals surface area contributed by atoms with Gasteiger partial charge in [-0.2, -0.15) is 0 Å². The average Bonchev–Trinajstić information content (AvgIpc) is 2.35. The van der Waals surface area contributed by atoms with Gasteiger partial charge in [0.25, 0.3) is 0 Å². The van der Waals surface area contributed by atoms with Crippen LogP contribution in [0.2, 0.25) is 0 Å². The molecule has 2 aromatic rings. The fourth-order valence-corrected chi connectivity index (χ4v) is 3.45. The molecule has 0 aliphatic heterocycles. The summed E-state index contributed by atoms with van der Waals surface area (Å²) in [7, 11) is 0. The van der Waals surface area contributed by atoms with Crippen molar-refractivity contribution in [1.82, 2.24) is 0 Å². The van der Waals surface area contributed by atoms with Crippen molar-refractivity contribution < 1.29 is 0 Å². The van der Waals surface area contributed by atoms with Crippen molar-refractivity contribution in [3.05, 3.63) is 58.7 Å². The van der Waals surface area contributed by atoms with E-state index in [0.717, 1.165) is 0 Å². The lowest BCUT2D eigenvalue weighted by atomic mass is 9.86. The highest BCUT2D eigenvalue weighted by atomic mass is 32.2. The topological polar surface area (TPSA) is 0 Å². The SMILES string of the molecule is Cc1cc(Sc2[c]c(C(C)(C)C)cc(C)c2)[c]c(C(C)(C)C)c1. The molecule has 0 bridgehead atoms. The van der Waals surface area contributed by atoms with Crippen LogP contribution in [-0.2, 0) is 10.8 Å². The van der Waals surface area contributed by atoms with Gasteiger partial charge in [-0.3, -0.25) is 0 Å². The monoisotopic (exact) mass is 324 g/mol. The molecule has 23 heavy (non-hydrogen) atoms. The van der Waals surface area contributed by atoms with E-state index in [1.807, 2.05) is 0 Å². The number of benzene rings is 2. The Bertz CT molecular complexity index is 635. The molecule has 0 nitrogen and oxygen atoms in total. The van der Waals surface area contributed by atoms with Gasteiger partial charge in [-0.15, -0.1) is 0 Å². The highest BCUT2D eigenvalue weighted by Gasteiger charge is 2.17. The maximum absolute atomic E-state index is 3.59. The molecule has 0 heterocycles. The molecule has 0 aliphatic rings. The van der Waals surface area contributed by atoms with Gasteiger partial charge in [0.05, 0.1) is 0 Å². The fourth-order valence-electron chi connectivity index (χ4n) is 2.40. The van der Waals surface area contributed by atoms with Crippen molar-refractivity contribution in [2.75, 3.05) is 0 Å². The van der Waals surface area contributed by atoms with Crippen molar-refractivity contribution in [2.24, 2.45) is 0 Å². The Balaban J connectivity index is 2.40. The summed E-state index contributed by atoms with van der Waals surface area (Å²) in [6.07, 6.45) is 0. The molecular formula is C22H28S. The summed E-state index contributed by atoms with van der Waals surface area (Å²) in [6, 6.07) is 16.1. The van der Waals surface area contributed by atoms with Crippen LogP contribution < -0.4 is 0 Å². The van der Waals surface area contributed by atoms with Gasteiger partial charge in [0.1, 0.15) is 0 Å². The molecular weight excluding hydrogens is 296 g/mol. The molecule has 0 aromatic heterocycles. The molecule has 0 N–H and O–H groups in total. The first-order valence-electron chi connectivity index (χ1n) is 8.22. The summed E-state index contributed by atoms with van der Waals surface area (Å²) in [5.74, 6) is 0. The minimum absolute atomic E-state index is 0.119. The molecule has 2 radical (unpaired) electrons. The van der Waals surface area contributed by atoms with E-state index in [1.165, 1.54) is 32.0 Å². The predicted octanol–water partition coefficient (Wildman–Crippen LogP) is 6.65. The Hall–Kier alpha value is -1.21. The third-order valence-electron chi connectivity index (χ3n) is 3.81. The third kappa shape index (κ3) is 4.88. The zero-order valence-electron chi connectivity index (χ0n) is 15.7. The lowest BCUT2D eigenvalue weighted by molar-refractivity contribution is 0.586. The van der Waals surface area contributed by atoms with E-state index in [2.05, 4.69) is 91.8 Å². The van der Waals surface area contributed by atoms with Crippen molar-refractivity contribution >= 4 is 11.8 Å². The van der Waals surface area contributed by atoms with Crippen LogP contribution in [0.3, 0.4) is 0 Å². The number of hydrogen-bond acceptors (Lipinski definition) is 1. The minimum atomic E-state index is 0.119. The summed E-state index contributed by atoms with van der Waals surface area (Å²) in [6.45, 7) is 17.8. The van der Waals surface area contributed by atoms with Gasteiger partial charge < -0.3 is 0 Å². The second-order valence-corrected chi connectivity index (χ2v) is 9.56. The first-order chi connectivity index (χ1) is 10.4. The van der Waals surface area contributed by atoms with Gasteiger partial charge in [0.15, 0.2) is 0 Å². The first kappa shape index (κ1) is 18.1. The predicted molar refractivity (Wildman–Crippen MR) is 102 cm³/mol. The number of rotatable bonds is 2. The van der Waals surface area contributed by atoms with E-state index in [1.54, 1.807) is 11.8 Å². The van der Waals surface area contributed by atoms with E-state index in [4.69, 9.17) is 0 Å². The zero-order chi connectivity index (χ0) is 17.4. The largest absolute Gasteiger partial charge is 0.0888 e. The Morgan fingerprint density at radius 1 is 0.652 bits per heavy atom. The molecule has 2 rings (SSSR count). The van der Waals surface area contributed by atoms with Crippen LogP contribution in [0.1, 0.15) is 63.8 Å². The van der Waals surface area contributed by atoms with E-state index in [0.29, 0.717) is 0 Å². The van der Waals surface area contributed by atoms with Crippen LogP contribution in [0.25, 0.3) is 0 Å². The standard InChI is InChI=1S/C22H28S/c1-15-9-17(21(3,4)5)13-19(11-15)23-20-12-16(2)10-18(14-20)22(6,7)8/h9-12H,1-8H3. The van der Waals surface area contributed by atoms with E-state index in [9.17, 15) is 0 Å². The molecule has 0 aliphatic carbocycles. The second kappa shape index (κ2) is 6.36. The Kier molecular flexibility index (Phi) is 5.01. The lowest BCUT2D eigenvalue weighted by Crippen LogP contribution is -2.12. The average molecular weight is 325 g/mol. The molecule has 0 saturated carbocycles. The molecule has 0 unspecified atom stereocenters. The van der Waals surface area contributed by atoms with E-state index in [-0.39, 0.29) is 10.8 Å². The molecule has 0 atom stereocenters. The van der Waals surface area contributed by atoms with Gasteiger partial charge in [0, 0.05) is 21.9 Å². The second-order valence-electron chi connectivity index (χ2n) is 8.47. The van der Waals surface area contributed by atoms with Crippen LogP contribution in [0.4, 0.5) is 0 Å². The smallest absolute Gasteiger partial charge is 0.0207 e. The maximum Gasteiger partial charge on any atom is 0.0207 e. The van der Waals surface area contributed by atoms with Gasteiger partial charge in [-0.25, -0.2) is 0 Å². The number of hydrogen-bond donors (Lipinski definition) is 0. The van der Waals surface area contributed by atoms with E-state index >= 15 is 0 Å².